The maximum absolute atomic E-state index is 12.4. The van der Waals surface area contributed by atoms with Crippen LogP contribution in [0.1, 0.15) is 59.9 Å². The first-order valence-corrected chi connectivity index (χ1v) is 7.69. The van der Waals surface area contributed by atoms with Crippen LogP contribution in [-0.2, 0) is 6.42 Å². The van der Waals surface area contributed by atoms with E-state index in [2.05, 4.69) is 25.0 Å². The zero-order valence-corrected chi connectivity index (χ0v) is 13.4. The van der Waals surface area contributed by atoms with Gasteiger partial charge in [0.2, 0.25) is 0 Å². The van der Waals surface area contributed by atoms with Crippen molar-refractivity contribution in [2.45, 2.75) is 53.0 Å². The van der Waals surface area contributed by atoms with E-state index in [4.69, 9.17) is 0 Å². The Bertz CT molecular complexity index is 604. The molecule has 0 unspecified atom stereocenters. The van der Waals surface area contributed by atoms with Gasteiger partial charge in [0.05, 0.1) is 18.2 Å². The van der Waals surface area contributed by atoms with Crippen molar-refractivity contribution in [1.82, 2.24) is 9.78 Å². The minimum Gasteiger partial charge on any atom is -0.294 e. The molecule has 0 aliphatic heterocycles. The molecule has 21 heavy (non-hydrogen) atoms. The van der Waals surface area contributed by atoms with Gasteiger partial charge in [-0.05, 0) is 44.9 Å². The van der Waals surface area contributed by atoms with Gasteiger partial charge in [-0.25, -0.2) is 0 Å². The molecule has 0 fully saturated rings. The molecular weight excluding hydrogens is 260 g/mol. The number of aryl methyl sites for hydroxylation is 2. The predicted molar refractivity (Wildman–Crippen MR) is 85.8 cm³/mol. The van der Waals surface area contributed by atoms with Gasteiger partial charge in [-0.15, -0.1) is 0 Å². The van der Waals surface area contributed by atoms with E-state index < -0.39 is 0 Å². The molecule has 1 aromatic heterocycles. The van der Waals surface area contributed by atoms with Crippen LogP contribution in [-0.4, -0.2) is 15.6 Å². The van der Waals surface area contributed by atoms with Crippen molar-refractivity contribution in [2.75, 3.05) is 0 Å². The van der Waals surface area contributed by atoms with Gasteiger partial charge < -0.3 is 0 Å². The molecular formula is C18H24N2O. The molecule has 0 saturated heterocycles. The summed E-state index contributed by atoms with van der Waals surface area (Å²) in [5.41, 5.74) is 3.89. The Morgan fingerprint density at radius 1 is 1.14 bits per heavy atom. The van der Waals surface area contributed by atoms with E-state index in [1.165, 1.54) is 0 Å². The topological polar surface area (TPSA) is 34.9 Å². The Kier molecular flexibility index (Phi) is 4.94. The summed E-state index contributed by atoms with van der Waals surface area (Å²) in [5, 5.41) is 4.56. The Hall–Kier alpha value is -1.90. The van der Waals surface area contributed by atoms with Crippen molar-refractivity contribution in [3.05, 3.63) is 52.8 Å². The van der Waals surface area contributed by atoms with Gasteiger partial charge in [0.15, 0.2) is 5.78 Å². The zero-order valence-electron chi connectivity index (χ0n) is 13.4. The van der Waals surface area contributed by atoms with E-state index in [0.717, 1.165) is 35.2 Å². The number of hydrogen-bond acceptors (Lipinski definition) is 2. The molecule has 0 spiro atoms. The Labute approximate surface area is 127 Å². The maximum atomic E-state index is 12.4. The van der Waals surface area contributed by atoms with Gasteiger partial charge in [-0.3, -0.25) is 9.48 Å². The van der Waals surface area contributed by atoms with Gasteiger partial charge in [-0.1, -0.05) is 31.0 Å². The summed E-state index contributed by atoms with van der Waals surface area (Å²) < 4.78 is 1.99. The van der Waals surface area contributed by atoms with Crippen molar-refractivity contribution in [3.8, 4) is 0 Å². The summed E-state index contributed by atoms with van der Waals surface area (Å²) in [6.45, 7) is 8.36. The molecule has 0 N–H and O–H groups in total. The maximum Gasteiger partial charge on any atom is 0.168 e. The Balaban J connectivity index is 2.12. The summed E-state index contributed by atoms with van der Waals surface area (Å²) in [6.07, 6.45) is 4.48. The van der Waals surface area contributed by atoms with Crippen LogP contribution in [0.5, 0.6) is 0 Å². The second kappa shape index (κ2) is 6.70. The monoisotopic (exact) mass is 284 g/mol. The van der Waals surface area contributed by atoms with Crippen LogP contribution in [0, 0.1) is 13.8 Å². The van der Waals surface area contributed by atoms with Crippen LogP contribution in [0.25, 0.3) is 0 Å². The number of aromatic nitrogens is 2. The summed E-state index contributed by atoms with van der Waals surface area (Å²) in [7, 11) is 0. The standard InChI is InChI=1S/C18H24N2O/c1-5-17(6-2)20-8-7-16(19-20)12-18(21)15-10-13(3)9-14(4)11-15/h7-11,17H,5-6,12H2,1-4H3. The van der Waals surface area contributed by atoms with E-state index in [1.54, 1.807) is 0 Å². The molecule has 0 saturated carbocycles. The lowest BCUT2D eigenvalue weighted by Crippen LogP contribution is -2.09. The molecule has 0 radical (unpaired) electrons. The van der Waals surface area contributed by atoms with E-state index in [1.807, 2.05) is 42.9 Å². The molecule has 0 bridgehead atoms. The number of carbonyl (C=O) groups is 1. The van der Waals surface area contributed by atoms with Crippen molar-refractivity contribution < 1.29 is 4.79 Å². The van der Waals surface area contributed by atoms with Crippen LogP contribution in [0.4, 0.5) is 0 Å². The molecule has 0 amide bonds. The van der Waals surface area contributed by atoms with Crippen LogP contribution >= 0.6 is 0 Å². The molecule has 112 valence electrons. The minimum absolute atomic E-state index is 0.136. The zero-order chi connectivity index (χ0) is 15.4. The number of hydrogen-bond donors (Lipinski definition) is 0. The molecule has 3 nitrogen and oxygen atoms in total. The second-order valence-corrected chi connectivity index (χ2v) is 5.73. The summed E-state index contributed by atoms with van der Waals surface area (Å²) in [6, 6.07) is 8.37. The molecule has 0 atom stereocenters. The van der Waals surface area contributed by atoms with E-state index in [-0.39, 0.29) is 5.78 Å². The fourth-order valence-corrected chi connectivity index (χ4v) is 2.74. The van der Waals surface area contributed by atoms with Gasteiger partial charge >= 0.3 is 0 Å². The molecule has 0 aliphatic carbocycles. The van der Waals surface area contributed by atoms with Crippen LogP contribution < -0.4 is 0 Å². The molecule has 3 heteroatoms. The normalized spacial score (nSPS) is 11.1. The highest BCUT2D eigenvalue weighted by molar-refractivity contribution is 5.97. The number of carbonyl (C=O) groups excluding carboxylic acids is 1. The van der Waals surface area contributed by atoms with Crippen molar-refractivity contribution in [1.29, 1.82) is 0 Å². The van der Waals surface area contributed by atoms with E-state index >= 15 is 0 Å². The highest BCUT2D eigenvalue weighted by Gasteiger charge is 2.12. The SMILES string of the molecule is CCC(CC)n1ccc(CC(=O)c2cc(C)cc(C)c2)n1. The van der Waals surface area contributed by atoms with Gasteiger partial charge in [-0.2, -0.15) is 5.10 Å². The number of nitrogens with zero attached hydrogens (tertiary/aromatic N) is 2. The Morgan fingerprint density at radius 2 is 1.76 bits per heavy atom. The van der Waals surface area contributed by atoms with Gasteiger partial charge in [0.1, 0.15) is 0 Å². The molecule has 0 aliphatic rings. The number of ketones is 1. The quantitative estimate of drug-likeness (QED) is 0.742. The van der Waals surface area contributed by atoms with Crippen molar-refractivity contribution >= 4 is 5.78 Å². The van der Waals surface area contributed by atoms with Crippen LogP contribution in [0.15, 0.2) is 30.5 Å². The van der Waals surface area contributed by atoms with E-state index in [0.29, 0.717) is 12.5 Å². The molecule has 2 aromatic rings. The molecule has 1 aromatic carbocycles. The van der Waals surface area contributed by atoms with Crippen molar-refractivity contribution in [2.24, 2.45) is 0 Å². The highest BCUT2D eigenvalue weighted by atomic mass is 16.1. The first-order valence-electron chi connectivity index (χ1n) is 7.69. The second-order valence-electron chi connectivity index (χ2n) is 5.73. The third kappa shape index (κ3) is 3.81. The van der Waals surface area contributed by atoms with Crippen LogP contribution in [0.3, 0.4) is 0 Å². The highest BCUT2D eigenvalue weighted by Crippen LogP contribution is 2.16. The lowest BCUT2D eigenvalue weighted by molar-refractivity contribution is 0.0991. The first-order chi connectivity index (χ1) is 10.0. The van der Waals surface area contributed by atoms with Gasteiger partial charge in [0, 0.05) is 11.8 Å². The number of Topliss-reactive ketones (excluding diaryl/α,β-unsaturated/α-hetero) is 1. The van der Waals surface area contributed by atoms with E-state index in [9.17, 15) is 4.79 Å². The van der Waals surface area contributed by atoms with Crippen molar-refractivity contribution in [3.63, 3.8) is 0 Å². The predicted octanol–water partition coefficient (Wildman–Crippen LogP) is 4.29. The summed E-state index contributed by atoms with van der Waals surface area (Å²) in [5.74, 6) is 0.136. The van der Waals surface area contributed by atoms with Crippen LogP contribution in [0.2, 0.25) is 0 Å². The average molecular weight is 284 g/mol. The fourth-order valence-electron chi connectivity index (χ4n) is 2.74. The minimum atomic E-state index is 0.136. The summed E-state index contributed by atoms with van der Waals surface area (Å²) in [4.78, 5) is 12.4. The molecule has 1 heterocycles. The fraction of sp³-hybridized carbons (Fsp3) is 0.444. The average Bonchev–Trinajstić information content (AvgIpc) is 2.87. The lowest BCUT2D eigenvalue weighted by atomic mass is 10.0. The summed E-state index contributed by atoms with van der Waals surface area (Å²) >= 11 is 0. The largest absolute Gasteiger partial charge is 0.294 e. The Morgan fingerprint density at radius 3 is 2.33 bits per heavy atom. The number of rotatable bonds is 6. The van der Waals surface area contributed by atoms with Gasteiger partial charge in [0.25, 0.3) is 0 Å². The first kappa shape index (κ1) is 15.5. The lowest BCUT2D eigenvalue weighted by Gasteiger charge is -2.12. The third-order valence-electron chi connectivity index (χ3n) is 3.87. The third-order valence-corrected chi connectivity index (χ3v) is 3.87. The molecule has 2 rings (SSSR count). The smallest absolute Gasteiger partial charge is 0.168 e. The number of benzene rings is 1.